The molecular weight excluding hydrogens is 523 g/mol. The van der Waals surface area contributed by atoms with Gasteiger partial charge in [-0.2, -0.15) is 0 Å². The van der Waals surface area contributed by atoms with Crippen LogP contribution in [0.25, 0.3) is 53.8 Å². The van der Waals surface area contributed by atoms with Gasteiger partial charge in [-0.25, -0.2) is 9.97 Å². The van der Waals surface area contributed by atoms with Crippen LogP contribution in [0.1, 0.15) is 0 Å². The van der Waals surface area contributed by atoms with Gasteiger partial charge in [0, 0.05) is 53.9 Å². The molecule has 0 saturated carbocycles. The predicted octanol–water partition coefficient (Wildman–Crippen LogP) is 8.45. The van der Waals surface area contributed by atoms with E-state index in [1.807, 2.05) is 29.5 Å². The number of fused-ring (bicyclic) bond motifs is 3. The van der Waals surface area contributed by atoms with Crippen molar-refractivity contribution in [3.8, 4) is 33.6 Å². The second-order valence-electron chi connectivity index (χ2n) is 7.66. The summed E-state index contributed by atoms with van der Waals surface area (Å²) >= 11 is 4.04. The van der Waals surface area contributed by atoms with Gasteiger partial charge in [0.25, 0.3) is 0 Å². The molecule has 0 aliphatic heterocycles. The first-order chi connectivity index (χ1) is 15.7. The first kappa shape index (κ1) is 19.6. The van der Waals surface area contributed by atoms with Crippen LogP contribution in [0.3, 0.4) is 0 Å². The van der Waals surface area contributed by atoms with E-state index in [0.717, 1.165) is 26.3 Å². The Kier molecular flexibility index (Phi) is 4.97. The topological polar surface area (TPSA) is 25.8 Å². The highest BCUT2D eigenvalue weighted by atomic mass is 127. The summed E-state index contributed by atoms with van der Waals surface area (Å²) in [6.07, 6.45) is 0. The lowest BCUT2D eigenvalue weighted by Crippen LogP contribution is -1.94. The Morgan fingerprint density at radius 3 is 1.88 bits per heavy atom. The van der Waals surface area contributed by atoms with Crippen molar-refractivity contribution in [3.63, 3.8) is 0 Å². The van der Waals surface area contributed by atoms with Crippen molar-refractivity contribution < 1.29 is 0 Å². The summed E-state index contributed by atoms with van der Waals surface area (Å²) in [6, 6.07) is 36.4. The molecule has 0 aliphatic rings. The van der Waals surface area contributed by atoms with E-state index in [1.54, 1.807) is 0 Å². The number of rotatable bonds is 3. The van der Waals surface area contributed by atoms with E-state index in [2.05, 4.69) is 117 Å². The quantitative estimate of drug-likeness (QED) is 0.166. The van der Waals surface area contributed by atoms with Gasteiger partial charge in [0.05, 0.1) is 11.4 Å². The lowest BCUT2D eigenvalue weighted by atomic mass is 10.0. The molecule has 0 amide bonds. The molecule has 2 aromatic heterocycles. The van der Waals surface area contributed by atoms with Crippen molar-refractivity contribution >= 4 is 54.1 Å². The van der Waals surface area contributed by atoms with Crippen molar-refractivity contribution in [3.05, 3.63) is 107 Å². The van der Waals surface area contributed by atoms with Gasteiger partial charge in [-0.1, -0.05) is 78.9 Å². The molecule has 2 nitrogen and oxygen atoms in total. The summed E-state index contributed by atoms with van der Waals surface area (Å²) in [6.45, 7) is 0. The Morgan fingerprint density at radius 1 is 0.500 bits per heavy atom. The number of aromatic nitrogens is 2. The number of hydrogen-bond acceptors (Lipinski definition) is 3. The summed E-state index contributed by atoms with van der Waals surface area (Å²) in [4.78, 5) is 9.30. The maximum Gasteiger partial charge on any atom is 0.191 e. The normalized spacial score (nSPS) is 11.3. The highest BCUT2D eigenvalue weighted by Gasteiger charge is 2.09. The molecule has 0 bridgehead atoms. The van der Waals surface area contributed by atoms with E-state index in [0.29, 0.717) is 0 Å². The van der Waals surface area contributed by atoms with E-state index in [9.17, 15) is 0 Å². The highest BCUT2D eigenvalue weighted by Crippen LogP contribution is 2.36. The molecule has 0 atom stereocenters. The van der Waals surface area contributed by atoms with Gasteiger partial charge in [0.1, 0.15) is 0 Å². The average molecular weight is 540 g/mol. The summed E-state index contributed by atoms with van der Waals surface area (Å²) in [5, 5.41) is 2.65. The van der Waals surface area contributed by atoms with Crippen LogP contribution in [0, 0.1) is 3.83 Å². The second kappa shape index (κ2) is 8.11. The fraction of sp³-hybridized carbons (Fsp3) is 0. The molecule has 152 valence electrons. The van der Waals surface area contributed by atoms with Gasteiger partial charge in [0.2, 0.25) is 0 Å². The highest BCUT2D eigenvalue weighted by molar-refractivity contribution is 14.1. The molecule has 0 aliphatic carbocycles. The molecule has 32 heavy (non-hydrogen) atoms. The van der Waals surface area contributed by atoms with Crippen molar-refractivity contribution in [2.45, 2.75) is 0 Å². The SMILES string of the molecule is Ic1nc(-c2ccccc2)cc(-c2ccc(-c3ccc4sc5ccccc5c4c3)cc2)n1. The summed E-state index contributed by atoms with van der Waals surface area (Å²) in [5.41, 5.74) is 6.51. The molecule has 0 fully saturated rings. The molecule has 6 aromatic rings. The lowest BCUT2D eigenvalue weighted by Gasteiger charge is -2.08. The van der Waals surface area contributed by atoms with Crippen molar-refractivity contribution in [1.29, 1.82) is 0 Å². The number of benzene rings is 4. The molecule has 0 unspecified atom stereocenters. The number of thiophene rings is 1. The van der Waals surface area contributed by atoms with Crippen LogP contribution in [0.2, 0.25) is 0 Å². The monoisotopic (exact) mass is 540 g/mol. The molecule has 0 N–H and O–H groups in total. The third-order valence-electron chi connectivity index (χ3n) is 5.66. The predicted molar refractivity (Wildman–Crippen MR) is 144 cm³/mol. The standard InChI is InChI=1S/C28H17IN2S/c29-28-30-24(19-6-2-1-3-7-19)17-25(31-28)20-12-10-18(11-13-20)21-14-15-27-23(16-21)22-8-4-5-9-26(22)32-27/h1-17H. The summed E-state index contributed by atoms with van der Waals surface area (Å²) in [7, 11) is 0. The fourth-order valence-corrected chi connectivity index (χ4v) is 5.67. The van der Waals surface area contributed by atoms with Gasteiger partial charge < -0.3 is 0 Å². The fourth-order valence-electron chi connectivity index (χ4n) is 4.06. The zero-order chi connectivity index (χ0) is 21.5. The van der Waals surface area contributed by atoms with E-state index >= 15 is 0 Å². The third kappa shape index (κ3) is 3.59. The van der Waals surface area contributed by atoms with Crippen LogP contribution in [0.15, 0.2) is 103 Å². The molecule has 6 rings (SSSR count). The Hall–Kier alpha value is -3.09. The Morgan fingerprint density at radius 2 is 1.09 bits per heavy atom. The maximum absolute atomic E-state index is 4.68. The summed E-state index contributed by atoms with van der Waals surface area (Å²) < 4.78 is 3.41. The van der Waals surface area contributed by atoms with Gasteiger partial charge in [-0.15, -0.1) is 11.3 Å². The van der Waals surface area contributed by atoms with Crippen molar-refractivity contribution in [1.82, 2.24) is 9.97 Å². The Balaban J connectivity index is 1.38. The average Bonchev–Trinajstić information content (AvgIpc) is 3.22. The van der Waals surface area contributed by atoms with Gasteiger partial charge >= 0.3 is 0 Å². The first-order valence-corrected chi connectivity index (χ1v) is 12.3. The lowest BCUT2D eigenvalue weighted by molar-refractivity contribution is 1.12. The minimum atomic E-state index is 0.748. The third-order valence-corrected chi connectivity index (χ3v) is 7.29. The van der Waals surface area contributed by atoms with E-state index in [-0.39, 0.29) is 0 Å². The zero-order valence-corrected chi connectivity index (χ0v) is 20.0. The van der Waals surface area contributed by atoms with Crippen LogP contribution in [-0.2, 0) is 0 Å². The van der Waals surface area contributed by atoms with Crippen LogP contribution in [-0.4, -0.2) is 9.97 Å². The molecule has 2 heterocycles. The first-order valence-electron chi connectivity index (χ1n) is 10.4. The molecular formula is C28H17IN2S. The number of nitrogens with zero attached hydrogens (tertiary/aromatic N) is 2. The number of hydrogen-bond donors (Lipinski definition) is 0. The van der Waals surface area contributed by atoms with E-state index in [4.69, 9.17) is 0 Å². The van der Waals surface area contributed by atoms with Crippen LogP contribution >= 0.6 is 33.9 Å². The Bertz CT molecular complexity index is 1570. The minimum absolute atomic E-state index is 0.748. The minimum Gasteiger partial charge on any atom is -0.223 e. The number of halogens is 1. The molecule has 4 heteroatoms. The molecule has 0 saturated heterocycles. The van der Waals surface area contributed by atoms with Gasteiger partial charge in [0.15, 0.2) is 3.83 Å². The van der Waals surface area contributed by atoms with Crippen molar-refractivity contribution in [2.24, 2.45) is 0 Å². The molecule has 4 aromatic carbocycles. The van der Waals surface area contributed by atoms with Gasteiger partial charge in [-0.3, -0.25) is 0 Å². The second-order valence-corrected chi connectivity index (χ2v) is 9.71. The molecule has 0 radical (unpaired) electrons. The Labute approximate surface area is 203 Å². The van der Waals surface area contributed by atoms with Crippen molar-refractivity contribution in [2.75, 3.05) is 0 Å². The zero-order valence-electron chi connectivity index (χ0n) is 17.0. The largest absolute Gasteiger partial charge is 0.223 e. The van der Waals surface area contributed by atoms with E-state index in [1.165, 1.54) is 31.3 Å². The van der Waals surface area contributed by atoms with E-state index < -0.39 is 0 Å². The van der Waals surface area contributed by atoms with Gasteiger partial charge in [-0.05, 0) is 35.4 Å². The van der Waals surface area contributed by atoms with Crippen LogP contribution in [0.4, 0.5) is 0 Å². The van der Waals surface area contributed by atoms with Crippen LogP contribution in [0.5, 0.6) is 0 Å². The smallest absolute Gasteiger partial charge is 0.191 e. The maximum atomic E-state index is 4.68. The summed E-state index contributed by atoms with van der Waals surface area (Å²) in [5.74, 6) is 0. The molecule has 0 spiro atoms. The van der Waals surface area contributed by atoms with Crippen LogP contribution < -0.4 is 0 Å².